The van der Waals surface area contributed by atoms with E-state index in [-0.39, 0.29) is 36.8 Å². The summed E-state index contributed by atoms with van der Waals surface area (Å²) < 4.78 is 35.6. The maximum Gasteiger partial charge on any atom is 0.397 e. The molecule has 0 atom stereocenters. The zero-order valence-corrected chi connectivity index (χ0v) is 13.1. The molecule has 0 aliphatic heterocycles. The number of alkyl halides is 3. The van der Waals surface area contributed by atoms with E-state index in [1.54, 1.807) is 6.07 Å². The van der Waals surface area contributed by atoms with Crippen LogP contribution in [0, 0.1) is 6.92 Å². The second-order valence-electron chi connectivity index (χ2n) is 4.35. The van der Waals surface area contributed by atoms with Crippen molar-refractivity contribution in [1.82, 2.24) is 5.32 Å². The van der Waals surface area contributed by atoms with Crippen LogP contribution in [0.15, 0.2) is 12.1 Å². The number of thioether (sulfide) groups is 1. The monoisotopic (exact) mass is 339 g/mol. The van der Waals surface area contributed by atoms with E-state index in [0.717, 1.165) is 16.6 Å². The van der Waals surface area contributed by atoms with E-state index in [1.807, 2.05) is 13.0 Å². The van der Waals surface area contributed by atoms with Crippen LogP contribution in [0.3, 0.4) is 0 Å². The predicted octanol–water partition coefficient (Wildman–Crippen LogP) is 3.43. The first-order valence-electron chi connectivity index (χ1n) is 6.29. The summed E-state index contributed by atoms with van der Waals surface area (Å²) in [4.78, 5) is 24.9. The molecule has 0 unspecified atom stereocenters. The van der Waals surface area contributed by atoms with Gasteiger partial charge >= 0.3 is 6.18 Å². The fraction of sp³-hybridized carbons (Fsp3) is 0.538. The number of carbonyl (C=O) groups is 2. The van der Waals surface area contributed by atoms with E-state index in [2.05, 4.69) is 5.32 Å². The quantitative estimate of drug-likeness (QED) is 0.583. The third-order valence-corrected chi connectivity index (χ3v) is 4.49. The molecular formula is C13H16F3NO2S2. The van der Waals surface area contributed by atoms with Crippen LogP contribution in [0.25, 0.3) is 0 Å². The number of Topliss-reactive ketones (excluding diaryl/α,β-unsaturated/α-hetero) is 1. The van der Waals surface area contributed by atoms with Crippen LogP contribution in [0.1, 0.15) is 27.4 Å². The fourth-order valence-electron chi connectivity index (χ4n) is 1.47. The van der Waals surface area contributed by atoms with E-state index in [4.69, 9.17) is 0 Å². The highest BCUT2D eigenvalue weighted by atomic mass is 32.2. The molecule has 1 rings (SSSR count). The van der Waals surface area contributed by atoms with Gasteiger partial charge in [0.15, 0.2) is 5.78 Å². The molecule has 21 heavy (non-hydrogen) atoms. The smallest absolute Gasteiger partial charge is 0.355 e. The summed E-state index contributed by atoms with van der Waals surface area (Å²) in [5.74, 6) is -1.12. The molecule has 0 saturated carbocycles. The Morgan fingerprint density at radius 1 is 1.29 bits per heavy atom. The fourth-order valence-corrected chi connectivity index (χ4v) is 2.93. The van der Waals surface area contributed by atoms with Crippen molar-refractivity contribution in [2.75, 3.05) is 18.1 Å². The van der Waals surface area contributed by atoms with Crippen LogP contribution >= 0.6 is 23.1 Å². The van der Waals surface area contributed by atoms with Crippen molar-refractivity contribution in [2.24, 2.45) is 0 Å². The van der Waals surface area contributed by atoms with E-state index < -0.39 is 11.9 Å². The summed E-state index contributed by atoms with van der Waals surface area (Å²) in [5, 5.41) is 2.51. The minimum atomic E-state index is -4.18. The van der Waals surface area contributed by atoms with Gasteiger partial charge in [0.2, 0.25) is 5.91 Å². The first-order chi connectivity index (χ1) is 9.78. The Morgan fingerprint density at radius 3 is 2.57 bits per heavy atom. The van der Waals surface area contributed by atoms with Crippen molar-refractivity contribution >= 4 is 34.8 Å². The molecule has 0 saturated heterocycles. The topological polar surface area (TPSA) is 46.2 Å². The first kappa shape index (κ1) is 18.0. The van der Waals surface area contributed by atoms with Crippen molar-refractivity contribution in [2.45, 2.75) is 25.9 Å². The summed E-state index contributed by atoms with van der Waals surface area (Å²) in [6.07, 6.45) is -4.01. The van der Waals surface area contributed by atoms with Crippen molar-refractivity contribution in [3.8, 4) is 0 Å². The molecule has 8 heteroatoms. The number of halogens is 3. The zero-order chi connectivity index (χ0) is 15.9. The Hall–Kier alpha value is -1.02. The number of thiophene rings is 1. The first-order valence-corrected chi connectivity index (χ1v) is 8.26. The molecule has 0 fully saturated rings. The lowest BCUT2D eigenvalue weighted by Crippen LogP contribution is -2.26. The molecule has 118 valence electrons. The van der Waals surface area contributed by atoms with Crippen LogP contribution in [-0.4, -0.2) is 35.9 Å². The number of rotatable bonds is 8. The molecule has 1 N–H and O–H groups in total. The van der Waals surface area contributed by atoms with Gasteiger partial charge in [-0.1, -0.05) is 0 Å². The number of ketones is 1. The van der Waals surface area contributed by atoms with Crippen LogP contribution in [-0.2, 0) is 4.79 Å². The second-order valence-corrected chi connectivity index (χ2v) is 6.74. The SMILES string of the molecule is Cc1ccc(C(=O)CCC(=O)NCCSCC(F)(F)F)s1. The van der Waals surface area contributed by atoms with Gasteiger partial charge < -0.3 is 5.32 Å². The van der Waals surface area contributed by atoms with Gasteiger partial charge in [-0.2, -0.15) is 24.9 Å². The van der Waals surface area contributed by atoms with Crippen LogP contribution in [0.4, 0.5) is 13.2 Å². The lowest BCUT2D eigenvalue weighted by Gasteiger charge is -2.06. The molecule has 3 nitrogen and oxygen atoms in total. The molecule has 0 aliphatic carbocycles. The molecule has 1 aromatic rings. The van der Waals surface area contributed by atoms with Gasteiger partial charge in [0.05, 0.1) is 10.6 Å². The predicted molar refractivity (Wildman–Crippen MR) is 79.0 cm³/mol. The molecule has 1 amide bonds. The number of hydrogen-bond donors (Lipinski definition) is 1. The molecule has 0 spiro atoms. The zero-order valence-electron chi connectivity index (χ0n) is 11.5. The van der Waals surface area contributed by atoms with Crippen LogP contribution < -0.4 is 5.32 Å². The largest absolute Gasteiger partial charge is 0.397 e. The molecule has 0 bridgehead atoms. The number of amides is 1. The lowest BCUT2D eigenvalue weighted by atomic mass is 10.2. The second kappa shape index (κ2) is 8.43. The summed E-state index contributed by atoms with van der Waals surface area (Å²) in [7, 11) is 0. The summed E-state index contributed by atoms with van der Waals surface area (Å²) >= 11 is 2.10. The Kier molecular flexibility index (Phi) is 7.24. The minimum absolute atomic E-state index is 0.0553. The van der Waals surface area contributed by atoms with Crippen molar-refractivity contribution in [3.63, 3.8) is 0 Å². The van der Waals surface area contributed by atoms with Gasteiger partial charge in [-0.25, -0.2) is 0 Å². The maximum absolute atomic E-state index is 11.9. The van der Waals surface area contributed by atoms with Gasteiger partial charge in [-0.15, -0.1) is 11.3 Å². The Labute approximate surface area is 129 Å². The molecular weight excluding hydrogens is 323 g/mol. The van der Waals surface area contributed by atoms with Gasteiger partial charge in [-0.05, 0) is 19.1 Å². The van der Waals surface area contributed by atoms with Crippen molar-refractivity contribution in [3.05, 3.63) is 21.9 Å². The van der Waals surface area contributed by atoms with E-state index in [0.29, 0.717) is 4.88 Å². The number of aryl methyl sites for hydroxylation is 1. The Morgan fingerprint density at radius 2 is 2.00 bits per heavy atom. The lowest BCUT2D eigenvalue weighted by molar-refractivity contribution is -0.120. The normalized spacial score (nSPS) is 11.4. The van der Waals surface area contributed by atoms with Gasteiger partial charge in [0.25, 0.3) is 0 Å². The summed E-state index contributed by atoms with van der Waals surface area (Å²) in [5.41, 5.74) is 0. The summed E-state index contributed by atoms with van der Waals surface area (Å²) in [6.45, 7) is 2.07. The van der Waals surface area contributed by atoms with Crippen molar-refractivity contribution in [1.29, 1.82) is 0 Å². The maximum atomic E-state index is 11.9. The standard InChI is InChI=1S/C13H16F3NO2S2/c1-9-2-4-11(21-9)10(18)3-5-12(19)17-6-7-20-8-13(14,15)16/h2,4H,3,5-8H2,1H3,(H,17,19). The highest BCUT2D eigenvalue weighted by Crippen LogP contribution is 2.20. The van der Waals surface area contributed by atoms with E-state index in [9.17, 15) is 22.8 Å². The average Bonchev–Trinajstić information content (AvgIpc) is 2.81. The van der Waals surface area contributed by atoms with Gasteiger partial charge in [0.1, 0.15) is 0 Å². The average molecular weight is 339 g/mol. The molecule has 0 aliphatic rings. The third kappa shape index (κ3) is 8.11. The highest BCUT2D eigenvalue weighted by molar-refractivity contribution is 7.99. The molecule has 1 aromatic heterocycles. The molecule has 1 heterocycles. The summed E-state index contributed by atoms with van der Waals surface area (Å²) in [6, 6.07) is 3.57. The van der Waals surface area contributed by atoms with Gasteiger partial charge in [-0.3, -0.25) is 9.59 Å². The number of hydrogen-bond acceptors (Lipinski definition) is 4. The van der Waals surface area contributed by atoms with Crippen LogP contribution in [0.5, 0.6) is 0 Å². The van der Waals surface area contributed by atoms with Gasteiger partial charge in [0, 0.05) is 30.0 Å². The van der Waals surface area contributed by atoms with E-state index >= 15 is 0 Å². The molecule has 0 radical (unpaired) electrons. The number of nitrogens with one attached hydrogen (secondary N) is 1. The van der Waals surface area contributed by atoms with E-state index in [1.165, 1.54) is 11.3 Å². The highest BCUT2D eigenvalue weighted by Gasteiger charge is 2.26. The molecule has 0 aromatic carbocycles. The van der Waals surface area contributed by atoms with Crippen molar-refractivity contribution < 1.29 is 22.8 Å². The Bertz CT molecular complexity index is 486. The Balaban J connectivity index is 2.13. The minimum Gasteiger partial charge on any atom is -0.355 e. The number of carbonyl (C=O) groups excluding carboxylic acids is 2. The van der Waals surface area contributed by atoms with Crippen LogP contribution in [0.2, 0.25) is 0 Å². The third-order valence-electron chi connectivity index (χ3n) is 2.43.